The third-order valence-corrected chi connectivity index (χ3v) is 7.36. The maximum absolute atomic E-state index is 14.0. The number of para-hydroxylation sites is 2. The van der Waals surface area contributed by atoms with Crippen LogP contribution in [0.3, 0.4) is 0 Å². The summed E-state index contributed by atoms with van der Waals surface area (Å²) in [6.45, 7) is 2.94. The smallest absolute Gasteiger partial charge is 0.247 e. The number of fused-ring (bicyclic) bond motifs is 1. The van der Waals surface area contributed by atoms with Crippen LogP contribution in [0.25, 0.3) is 0 Å². The fourth-order valence-corrected chi connectivity index (χ4v) is 5.32. The summed E-state index contributed by atoms with van der Waals surface area (Å²) in [5.41, 5.74) is 0.609. The van der Waals surface area contributed by atoms with Gasteiger partial charge in [-0.15, -0.1) is 11.6 Å². The predicted octanol–water partition coefficient (Wildman–Crippen LogP) is 5.27. The second-order valence-corrected chi connectivity index (χ2v) is 10.3. The lowest BCUT2D eigenvalue weighted by Gasteiger charge is -2.36. The largest absolute Gasteiger partial charge is 0.493 e. The van der Waals surface area contributed by atoms with Gasteiger partial charge in [0.1, 0.15) is 18.5 Å². The van der Waals surface area contributed by atoms with Gasteiger partial charge in [-0.1, -0.05) is 50.8 Å². The molecule has 0 unspecified atom stereocenters. The highest BCUT2D eigenvalue weighted by atomic mass is 35.5. The molecule has 2 aromatic rings. The Balaban J connectivity index is 1.65. The Morgan fingerprint density at radius 2 is 1.82 bits per heavy atom. The summed E-state index contributed by atoms with van der Waals surface area (Å²) in [6.07, 6.45) is 6.70. The van der Waals surface area contributed by atoms with Crippen molar-refractivity contribution in [2.24, 2.45) is 0 Å². The summed E-state index contributed by atoms with van der Waals surface area (Å²) in [6, 6.07) is 11.9. The molecule has 1 N–H and O–H groups in total. The molecule has 2 aromatic carbocycles. The van der Waals surface area contributed by atoms with Gasteiger partial charge in [0.15, 0.2) is 29.1 Å². The van der Waals surface area contributed by atoms with E-state index >= 15 is 0 Å². The van der Waals surface area contributed by atoms with Gasteiger partial charge in [0.2, 0.25) is 11.8 Å². The number of ether oxygens (including phenoxy) is 4. The lowest BCUT2D eigenvalue weighted by atomic mass is 10.0. The number of alkyl halides is 1. The maximum Gasteiger partial charge on any atom is 0.247 e. The summed E-state index contributed by atoms with van der Waals surface area (Å²) in [7, 11) is 1.56. The number of amides is 2. The number of hydrogen-bond acceptors (Lipinski definition) is 6. The molecule has 0 spiro atoms. The number of benzene rings is 2. The number of carbonyl (C=O) groups excluding carboxylic acids is 2. The minimum atomic E-state index is -0.936. The van der Waals surface area contributed by atoms with Crippen molar-refractivity contribution in [2.45, 2.75) is 70.1 Å². The molecule has 0 radical (unpaired) electrons. The van der Waals surface area contributed by atoms with Crippen LogP contribution in [-0.4, -0.2) is 61.6 Å². The molecule has 2 atom stereocenters. The Morgan fingerprint density at radius 1 is 1.08 bits per heavy atom. The van der Waals surface area contributed by atoms with Crippen LogP contribution in [0.5, 0.6) is 23.0 Å². The van der Waals surface area contributed by atoms with Gasteiger partial charge in [-0.3, -0.25) is 9.59 Å². The standard InChI is InChI=1S/C30H39ClN2O6/c1-3-16-37-25-15-14-21(17-27(25)36-2)29(30(35)32-22-10-6-4-5-7-11-22)33(28(34)18-31)19-23-20-38-24-12-8-9-13-26(24)39-23/h8-9,12-15,17,22-23,29H,3-7,10-11,16,18-20H2,1-2H3,(H,32,35)/t23-,29+/m0/s1. The van der Waals surface area contributed by atoms with E-state index in [2.05, 4.69) is 5.32 Å². The predicted molar refractivity (Wildman–Crippen MR) is 150 cm³/mol. The lowest BCUT2D eigenvalue weighted by Crippen LogP contribution is -2.51. The first-order valence-electron chi connectivity index (χ1n) is 13.9. The zero-order valence-corrected chi connectivity index (χ0v) is 23.6. The first-order valence-corrected chi connectivity index (χ1v) is 14.4. The topological polar surface area (TPSA) is 86.3 Å². The highest BCUT2D eigenvalue weighted by molar-refractivity contribution is 6.27. The molecule has 0 aromatic heterocycles. The number of halogens is 1. The van der Waals surface area contributed by atoms with E-state index < -0.39 is 12.1 Å². The molecule has 9 heteroatoms. The SMILES string of the molecule is CCCOc1ccc([C@H](C(=O)NC2CCCCCC2)N(C[C@H]2COc3ccccc3O2)C(=O)CCl)cc1OC. The highest BCUT2D eigenvalue weighted by Gasteiger charge is 2.36. The van der Waals surface area contributed by atoms with Crippen LogP contribution in [0.2, 0.25) is 0 Å². The van der Waals surface area contributed by atoms with Crippen molar-refractivity contribution in [3.63, 3.8) is 0 Å². The van der Waals surface area contributed by atoms with E-state index in [1.807, 2.05) is 37.3 Å². The van der Waals surface area contributed by atoms with Crippen molar-refractivity contribution < 1.29 is 28.5 Å². The minimum absolute atomic E-state index is 0.0608. The zero-order chi connectivity index (χ0) is 27.6. The van der Waals surface area contributed by atoms with Crippen molar-refractivity contribution in [3.05, 3.63) is 48.0 Å². The van der Waals surface area contributed by atoms with Crippen LogP contribution >= 0.6 is 11.6 Å². The maximum atomic E-state index is 14.0. The van der Waals surface area contributed by atoms with E-state index in [0.717, 1.165) is 32.1 Å². The normalized spacial score (nSPS) is 18.0. The van der Waals surface area contributed by atoms with E-state index in [1.165, 1.54) is 17.7 Å². The molecule has 1 fully saturated rings. The number of nitrogens with one attached hydrogen (secondary N) is 1. The van der Waals surface area contributed by atoms with E-state index in [9.17, 15) is 9.59 Å². The van der Waals surface area contributed by atoms with Crippen molar-refractivity contribution >= 4 is 23.4 Å². The second-order valence-electron chi connectivity index (χ2n) is 10.0. The molecule has 1 aliphatic carbocycles. The number of hydrogen-bond donors (Lipinski definition) is 1. The van der Waals surface area contributed by atoms with Crippen molar-refractivity contribution in [1.29, 1.82) is 0 Å². The minimum Gasteiger partial charge on any atom is -0.493 e. The molecular weight excluding hydrogens is 520 g/mol. The third kappa shape index (κ3) is 7.50. The van der Waals surface area contributed by atoms with E-state index in [-0.39, 0.29) is 36.9 Å². The van der Waals surface area contributed by atoms with Crippen molar-refractivity contribution in [2.75, 3.05) is 32.7 Å². The van der Waals surface area contributed by atoms with Crippen molar-refractivity contribution in [3.8, 4) is 23.0 Å². The lowest BCUT2D eigenvalue weighted by molar-refractivity contribution is -0.141. The van der Waals surface area contributed by atoms with Crippen LogP contribution in [0.4, 0.5) is 0 Å². The quantitative estimate of drug-likeness (QED) is 0.299. The summed E-state index contributed by atoms with van der Waals surface area (Å²) >= 11 is 6.10. The van der Waals surface area contributed by atoms with Crippen molar-refractivity contribution in [1.82, 2.24) is 10.2 Å². The molecule has 1 heterocycles. The highest BCUT2D eigenvalue weighted by Crippen LogP contribution is 2.35. The molecule has 0 saturated heterocycles. The molecule has 212 valence electrons. The molecule has 1 aliphatic heterocycles. The van der Waals surface area contributed by atoms with Gasteiger partial charge >= 0.3 is 0 Å². The molecule has 1 saturated carbocycles. The van der Waals surface area contributed by atoms with Gasteiger partial charge in [0.05, 0.1) is 20.3 Å². The molecule has 2 amide bonds. The fraction of sp³-hybridized carbons (Fsp3) is 0.533. The van der Waals surface area contributed by atoms with Crippen LogP contribution in [-0.2, 0) is 9.59 Å². The Labute approximate surface area is 235 Å². The van der Waals surface area contributed by atoms with Crippen LogP contribution in [0.15, 0.2) is 42.5 Å². The van der Waals surface area contributed by atoms with Gasteiger partial charge in [-0.2, -0.15) is 0 Å². The monoisotopic (exact) mass is 558 g/mol. The summed E-state index contributed by atoms with van der Waals surface area (Å²) in [4.78, 5) is 28.8. The Hall–Kier alpha value is -3.13. The third-order valence-electron chi connectivity index (χ3n) is 7.13. The molecule has 0 bridgehead atoms. The number of rotatable bonds is 11. The Morgan fingerprint density at radius 3 is 2.51 bits per heavy atom. The summed E-state index contributed by atoms with van der Waals surface area (Å²) in [5, 5.41) is 3.24. The molecule has 2 aliphatic rings. The van der Waals surface area contributed by atoms with Gasteiger partial charge in [-0.25, -0.2) is 0 Å². The number of carbonyl (C=O) groups is 2. The average Bonchev–Trinajstić information content (AvgIpc) is 3.24. The second kappa shape index (κ2) is 14.3. The number of methoxy groups -OCH3 is 1. The first-order chi connectivity index (χ1) is 19.0. The zero-order valence-electron chi connectivity index (χ0n) is 22.8. The van der Waals surface area contributed by atoms with Gasteiger partial charge in [0, 0.05) is 6.04 Å². The summed E-state index contributed by atoms with van der Waals surface area (Å²) in [5.74, 6) is 1.45. The molecular formula is C30H39ClN2O6. The van der Waals surface area contributed by atoms with Crippen LogP contribution in [0, 0.1) is 0 Å². The van der Waals surface area contributed by atoms with Gasteiger partial charge in [-0.05, 0) is 49.1 Å². The molecule has 4 rings (SSSR count). The fourth-order valence-electron chi connectivity index (χ4n) is 5.16. The van der Waals surface area contributed by atoms with Gasteiger partial charge in [0.25, 0.3) is 0 Å². The Bertz CT molecular complexity index is 1100. The van der Waals surface area contributed by atoms with E-state index in [1.54, 1.807) is 19.2 Å². The van der Waals surface area contributed by atoms with Crippen LogP contribution in [0.1, 0.15) is 63.5 Å². The van der Waals surface area contributed by atoms with E-state index in [0.29, 0.717) is 35.2 Å². The molecule has 8 nitrogen and oxygen atoms in total. The summed E-state index contributed by atoms with van der Waals surface area (Å²) < 4.78 is 23.5. The van der Waals surface area contributed by atoms with E-state index in [4.69, 9.17) is 30.5 Å². The van der Waals surface area contributed by atoms with Crippen LogP contribution < -0.4 is 24.3 Å². The average molecular weight is 559 g/mol. The first kappa shape index (κ1) is 28.9. The Kier molecular flexibility index (Phi) is 10.6. The number of nitrogens with zero attached hydrogens (tertiary/aromatic N) is 1. The van der Waals surface area contributed by atoms with Gasteiger partial charge < -0.3 is 29.2 Å². The molecule has 39 heavy (non-hydrogen) atoms.